The van der Waals surface area contributed by atoms with E-state index in [1.807, 2.05) is 13.8 Å². The largest absolute Gasteiger partial charge is 0.300 e. The molecule has 2 nitrogen and oxygen atoms in total. The Morgan fingerprint density at radius 1 is 1.27 bits per heavy atom. The van der Waals surface area contributed by atoms with E-state index < -0.39 is 10.8 Å². The topological polar surface area (TPSA) is 34.1 Å². The van der Waals surface area contributed by atoms with E-state index in [0.29, 0.717) is 12.2 Å². The van der Waals surface area contributed by atoms with E-state index in [2.05, 4.69) is 6.92 Å². The van der Waals surface area contributed by atoms with Crippen LogP contribution in [0.25, 0.3) is 0 Å². The molecule has 0 amide bonds. The number of carbonyl (C=O) groups is 1. The predicted octanol–water partition coefficient (Wildman–Crippen LogP) is 2.93. The minimum atomic E-state index is -0.461. The summed E-state index contributed by atoms with van der Waals surface area (Å²) in [5.74, 6) is 3.10. The van der Waals surface area contributed by atoms with Crippen LogP contribution < -0.4 is 0 Å². The second-order valence-corrected chi connectivity index (χ2v) is 5.87. The zero-order chi connectivity index (χ0) is 11.7. The van der Waals surface area contributed by atoms with Crippen molar-refractivity contribution in [2.24, 2.45) is 5.92 Å². The van der Waals surface area contributed by atoms with Crippen molar-refractivity contribution >= 4 is 16.6 Å². The van der Waals surface area contributed by atoms with Gasteiger partial charge in [-0.1, -0.05) is 20.8 Å². The molecule has 0 saturated carbocycles. The minimum Gasteiger partial charge on any atom is -0.300 e. The van der Waals surface area contributed by atoms with Crippen LogP contribution in [0.2, 0.25) is 0 Å². The highest BCUT2D eigenvalue weighted by molar-refractivity contribution is 7.85. The van der Waals surface area contributed by atoms with Crippen molar-refractivity contribution in [1.29, 1.82) is 0 Å². The molecule has 0 atom stereocenters. The van der Waals surface area contributed by atoms with Crippen molar-refractivity contribution in [2.75, 3.05) is 11.5 Å². The maximum Gasteiger partial charge on any atom is 0.132 e. The van der Waals surface area contributed by atoms with Crippen LogP contribution in [0.1, 0.15) is 52.9 Å². The standard InChI is InChI=1S/C6H12OS.C6H12O/c1-6-2-4-8(7)5-3-6;1-3-5-6(7)4-2/h6H,2-5H2,1H3;3-5H2,1-2H3. The fourth-order valence-electron chi connectivity index (χ4n) is 1.37. The van der Waals surface area contributed by atoms with Gasteiger partial charge >= 0.3 is 0 Å². The molecule has 3 heteroatoms. The molecular weight excluding hydrogens is 208 g/mol. The smallest absolute Gasteiger partial charge is 0.132 e. The van der Waals surface area contributed by atoms with Gasteiger partial charge in [-0.15, -0.1) is 0 Å². The van der Waals surface area contributed by atoms with Crippen molar-refractivity contribution in [3.63, 3.8) is 0 Å². The number of hydrogen-bond acceptors (Lipinski definition) is 2. The van der Waals surface area contributed by atoms with Crippen molar-refractivity contribution < 1.29 is 9.00 Å². The molecule has 0 aromatic rings. The molecule has 90 valence electrons. The maximum atomic E-state index is 10.7. The Morgan fingerprint density at radius 3 is 2.07 bits per heavy atom. The van der Waals surface area contributed by atoms with Crippen molar-refractivity contribution in [1.82, 2.24) is 0 Å². The highest BCUT2D eigenvalue weighted by Gasteiger charge is 2.12. The lowest BCUT2D eigenvalue weighted by molar-refractivity contribution is -0.118. The lowest BCUT2D eigenvalue weighted by atomic mass is 10.1. The number of hydrogen-bond donors (Lipinski definition) is 0. The van der Waals surface area contributed by atoms with Crippen LogP contribution in [-0.4, -0.2) is 21.5 Å². The molecule has 0 aromatic carbocycles. The number of rotatable bonds is 3. The van der Waals surface area contributed by atoms with E-state index in [4.69, 9.17) is 0 Å². The number of Topliss-reactive ketones (excluding diaryl/α,β-unsaturated/α-hetero) is 1. The van der Waals surface area contributed by atoms with Crippen molar-refractivity contribution in [2.45, 2.75) is 52.9 Å². The van der Waals surface area contributed by atoms with Crippen LogP contribution in [0.5, 0.6) is 0 Å². The van der Waals surface area contributed by atoms with Crippen LogP contribution in [0.15, 0.2) is 0 Å². The second kappa shape index (κ2) is 9.08. The molecule has 0 bridgehead atoms. The van der Waals surface area contributed by atoms with E-state index in [0.717, 1.165) is 30.3 Å². The van der Waals surface area contributed by atoms with Crippen molar-refractivity contribution in [3.05, 3.63) is 0 Å². The van der Waals surface area contributed by atoms with Crippen LogP contribution in [0, 0.1) is 5.92 Å². The first kappa shape index (κ1) is 14.8. The summed E-state index contributed by atoms with van der Waals surface area (Å²) < 4.78 is 10.7. The van der Waals surface area contributed by atoms with Crippen LogP contribution in [0.3, 0.4) is 0 Å². The molecule has 1 aliphatic rings. The second-order valence-electron chi connectivity index (χ2n) is 4.17. The molecule has 0 unspecified atom stereocenters. The summed E-state index contributed by atoms with van der Waals surface area (Å²) in [7, 11) is -0.461. The van der Waals surface area contributed by atoms with Gasteiger partial charge in [0.15, 0.2) is 0 Å². The number of carbonyl (C=O) groups excluding carboxylic acids is 1. The SMILES string of the molecule is CC1CCS(=O)CC1.CCCC(=O)CC. The van der Waals surface area contributed by atoms with E-state index in [1.165, 1.54) is 12.8 Å². The average Bonchev–Trinajstić information content (AvgIpc) is 2.24. The molecule has 0 spiro atoms. The zero-order valence-electron chi connectivity index (χ0n) is 10.3. The Hall–Kier alpha value is -0.180. The molecular formula is C12H24O2S. The molecule has 0 N–H and O–H groups in total. The van der Waals surface area contributed by atoms with Gasteiger partial charge in [0.1, 0.15) is 5.78 Å². The van der Waals surface area contributed by atoms with Gasteiger partial charge in [-0.3, -0.25) is 9.00 Å². The normalized spacial score (nSPS) is 25.3. The molecule has 0 aromatic heterocycles. The van der Waals surface area contributed by atoms with E-state index in [-0.39, 0.29) is 0 Å². The maximum absolute atomic E-state index is 10.7. The highest BCUT2D eigenvalue weighted by atomic mass is 32.2. The summed E-state index contributed by atoms with van der Waals surface area (Å²) in [4.78, 5) is 10.4. The average molecular weight is 232 g/mol. The van der Waals surface area contributed by atoms with E-state index in [9.17, 15) is 9.00 Å². The monoisotopic (exact) mass is 232 g/mol. The summed E-state index contributed by atoms with van der Waals surface area (Å²) in [6.45, 7) is 6.15. The third kappa shape index (κ3) is 8.79. The van der Waals surface area contributed by atoms with Gasteiger partial charge in [-0.25, -0.2) is 0 Å². The first-order valence-electron chi connectivity index (χ1n) is 5.96. The molecule has 1 aliphatic heterocycles. The fourth-order valence-corrected chi connectivity index (χ4v) is 2.90. The lowest BCUT2D eigenvalue weighted by Gasteiger charge is -2.15. The van der Waals surface area contributed by atoms with Gasteiger partial charge in [0.25, 0.3) is 0 Å². The van der Waals surface area contributed by atoms with Crippen LogP contribution in [-0.2, 0) is 15.6 Å². The van der Waals surface area contributed by atoms with Crippen LogP contribution >= 0.6 is 0 Å². The van der Waals surface area contributed by atoms with Gasteiger partial charge in [-0.2, -0.15) is 0 Å². The Balaban J connectivity index is 0.000000265. The summed E-state index contributed by atoms with van der Waals surface area (Å²) in [5.41, 5.74) is 0. The molecule has 0 aliphatic carbocycles. The highest BCUT2D eigenvalue weighted by Crippen LogP contribution is 2.14. The summed E-state index contributed by atoms with van der Waals surface area (Å²) in [6, 6.07) is 0. The quantitative estimate of drug-likeness (QED) is 0.749. The third-order valence-corrected chi connectivity index (χ3v) is 3.98. The lowest BCUT2D eigenvalue weighted by Crippen LogP contribution is -2.15. The third-order valence-electron chi connectivity index (χ3n) is 2.60. The van der Waals surface area contributed by atoms with Gasteiger partial charge < -0.3 is 0 Å². The molecule has 1 rings (SSSR count). The first-order chi connectivity index (χ1) is 7.10. The minimum absolute atomic E-state index is 0.377. The zero-order valence-corrected chi connectivity index (χ0v) is 11.1. The molecule has 1 fully saturated rings. The van der Waals surface area contributed by atoms with E-state index >= 15 is 0 Å². The van der Waals surface area contributed by atoms with Gasteiger partial charge in [0.05, 0.1) is 0 Å². The Labute approximate surface area is 96.3 Å². The van der Waals surface area contributed by atoms with Crippen LogP contribution in [0.4, 0.5) is 0 Å². The van der Waals surface area contributed by atoms with Gasteiger partial charge in [0, 0.05) is 35.1 Å². The first-order valence-corrected chi connectivity index (χ1v) is 7.45. The Morgan fingerprint density at radius 2 is 1.80 bits per heavy atom. The van der Waals surface area contributed by atoms with Gasteiger partial charge in [0.2, 0.25) is 0 Å². The summed E-state index contributed by atoms with van der Waals surface area (Å²) in [5, 5.41) is 0. The predicted molar refractivity (Wildman–Crippen MR) is 66.5 cm³/mol. The van der Waals surface area contributed by atoms with E-state index in [1.54, 1.807) is 0 Å². The van der Waals surface area contributed by atoms with Gasteiger partial charge in [-0.05, 0) is 25.2 Å². The Bertz CT molecular complexity index is 192. The fraction of sp³-hybridized carbons (Fsp3) is 0.917. The molecule has 0 radical (unpaired) electrons. The molecule has 1 saturated heterocycles. The number of ketones is 1. The molecule has 15 heavy (non-hydrogen) atoms. The molecule has 1 heterocycles. The summed E-state index contributed by atoms with van der Waals surface area (Å²) in [6.07, 6.45) is 4.80. The van der Waals surface area contributed by atoms with Crippen molar-refractivity contribution in [3.8, 4) is 0 Å². The Kier molecular flexibility index (Phi) is 8.97. The summed E-state index contributed by atoms with van der Waals surface area (Å²) >= 11 is 0.